The molecular weight excluding hydrogens is 410 g/mol. The number of rotatable bonds is 7. The van der Waals surface area contributed by atoms with Gasteiger partial charge in [-0.1, -0.05) is 26.0 Å². The summed E-state index contributed by atoms with van der Waals surface area (Å²) in [5, 5.41) is 6.63. The van der Waals surface area contributed by atoms with Crippen molar-refractivity contribution in [3.05, 3.63) is 64.3 Å². The van der Waals surface area contributed by atoms with Crippen LogP contribution in [0.4, 0.5) is 16.5 Å². The number of para-hydroxylation sites is 2. The van der Waals surface area contributed by atoms with E-state index in [4.69, 9.17) is 9.15 Å². The quantitative estimate of drug-likeness (QED) is 0.372. The third-order valence-corrected chi connectivity index (χ3v) is 5.69. The molecule has 4 aromatic rings. The number of fused-ring (bicyclic) bond motifs is 1. The molecule has 2 aromatic carbocycles. The zero-order valence-corrected chi connectivity index (χ0v) is 18.8. The first-order valence-corrected chi connectivity index (χ1v) is 11.0. The Bertz CT molecular complexity index is 1260. The summed E-state index contributed by atoms with van der Waals surface area (Å²) in [6, 6.07) is 15.4. The Morgan fingerprint density at radius 1 is 1.19 bits per heavy atom. The van der Waals surface area contributed by atoms with Crippen molar-refractivity contribution in [2.24, 2.45) is 5.92 Å². The normalized spacial score (nSPS) is 11.1. The third kappa shape index (κ3) is 4.56. The van der Waals surface area contributed by atoms with E-state index in [1.54, 1.807) is 7.11 Å². The number of thiazole rings is 1. The number of methoxy groups -OCH3 is 1. The molecule has 0 unspecified atom stereocenters. The summed E-state index contributed by atoms with van der Waals surface area (Å²) < 4.78 is 11.0. The van der Waals surface area contributed by atoms with E-state index in [1.165, 1.54) is 11.3 Å². The molecule has 0 aliphatic carbocycles. The first-order valence-electron chi connectivity index (χ1n) is 10.1. The Kier molecular flexibility index (Phi) is 5.95. The van der Waals surface area contributed by atoms with Crippen molar-refractivity contribution in [3.63, 3.8) is 0 Å². The molecule has 0 saturated carbocycles. The van der Waals surface area contributed by atoms with E-state index in [2.05, 4.69) is 29.0 Å². The summed E-state index contributed by atoms with van der Waals surface area (Å²) in [6.07, 6.45) is 0. The van der Waals surface area contributed by atoms with Crippen molar-refractivity contribution in [2.45, 2.75) is 13.8 Å². The Morgan fingerprint density at radius 2 is 2.00 bits per heavy atom. The van der Waals surface area contributed by atoms with Crippen LogP contribution in [0, 0.1) is 5.92 Å². The van der Waals surface area contributed by atoms with Crippen LogP contribution in [-0.2, 0) is 0 Å². The maximum atomic E-state index is 12.7. The number of aromatic nitrogens is 1. The number of nitrogens with one attached hydrogen (secondary N) is 1. The number of hydrogen-bond acceptors (Lipinski definition) is 7. The van der Waals surface area contributed by atoms with Gasteiger partial charge >= 0.3 is 5.63 Å². The van der Waals surface area contributed by atoms with Gasteiger partial charge in [-0.2, -0.15) is 0 Å². The van der Waals surface area contributed by atoms with Gasteiger partial charge in [0.1, 0.15) is 11.3 Å². The molecule has 0 saturated heterocycles. The third-order valence-electron chi connectivity index (χ3n) is 4.93. The van der Waals surface area contributed by atoms with E-state index in [0.29, 0.717) is 27.9 Å². The van der Waals surface area contributed by atoms with Crippen LogP contribution in [0.1, 0.15) is 13.8 Å². The summed E-state index contributed by atoms with van der Waals surface area (Å²) >= 11 is 1.42. The lowest BCUT2D eigenvalue weighted by atomic mass is 10.1. The highest BCUT2D eigenvalue weighted by atomic mass is 32.1. The molecule has 0 bridgehead atoms. The molecule has 2 heterocycles. The number of hydrogen-bond donors (Lipinski definition) is 1. The van der Waals surface area contributed by atoms with Crippen LogP contribution in [0.5, 0.6) is 5.75 Å². The second-order valence-corrected chi connectivity index (χ2v) is 8.67. The molecule has 0 radical (unpaired) electrons. The molecule has 31 heavy (non-hydrogen) atoms. The van der Waals surface area contributed by atoms with Crippen LogP contribution in [0.15, 0.2) is 63.1 Å². The molecule has 2 aromatic heterocycles. The maximum Gasteiger partial charge on any atom is 0.345 e. The molecule has 160 valence electrons. The smallest absolute Gasteiger partial charge is 0.345 e. The maximum absolute atomic E-state index is 12.7. The minimum Gasteiger partial charge on any atom is -0.495 e. The van der Waals surface area contributed by atoms with Gasteiger partial charge < -0.3 is 19.4 Å². The first-order chi connectivity index (χ1) is 14.9. The summed E-state index contributed by atoms with van der Waals surface area (Å²) in [7, 11) is 3.67. The number of anilines is 3. The highest BCUT2D eigenvalue weighted by Crippen LogP contribution is 2.31. The van der Waals surface area contributed by atoms with Crippen molar-refractivity contribution in [1.82, 2.24) is 4.98 Å². The molecule has 1 N–H and O–H groups in total. The van der Waals surface area contributed by atoms with Crippen LogP contribution in [0.2, 0.25) is 0 Å². The average molecular weight is 436 g/mol. The van der Waals surface area contributed by atoms with E-state index in [-0.39, 0.29) is 0 Å². The van der Waals surface area contributed by atoms with Gasteiger partial charge in [0.15, 0.2) is 5.13 Å². The summed E-state index contributed by atoms with van der Waals surface area (Å²) in [4.78, 5) is 19.4. The Hall–Kier alpha value is -3.32. The van der Waals surface area contributed by atoms with Crippen molar-refractivity contribution in [1.29, 1.82) is 0 Å². The van der Waals surface area contributed by atoms with Gasteiger partial charge in [-0.15, -0.1) is 11.3 Å². The zero-order valence-electron chi connectivity index (χ0n) is 18.0. The first kappa shape index (κ1) is 20.9. The fourth-order valence-corrected chi connectivity index (χ4v) is 4.21. The topological polar surface area (TPSA) is 67.6 Å². The largest absolute Gasteiger partial charge is 0.495 e. The van der Waals surface area contributed by atoms with Gasteiger partial charge in [-0.25, -0.2) is 9.78 Å². The summed E-state index contributed by atoms with van der Waals surface area (Å²) in [5.41, 5.74) is 3.04. The SMILES string of the molecule is COc1ccccc1Nc1nc(-c2cc3ccc(N(C)CC(C)C)cc3oc2=O)cs1. The minimum absolute atomic E-state index is 0.398. The van der Waals surface area contributed by atoms with E-state index < -0.39 is 5.63 Å². The molecule has 0 aliphatic rings. The highest BCUT2D eigenvalue weighted by Gasteiger charge is 2.14. The van der Waals surface area contributed by atoms with Gasteiger partial charge in [0.25, 0.3) is 0 Å². The van der Waals surface area contributed by atoms with Gasteiger partial charge in [-0.3, -0.25) is 0 Å². The van der Waals surface area contributed by atoms with Crippen LogP contribution in [0.3, 0.4) is 0 Å². The lowest BCUT2D eigenvalue weighted by Gasteiger charge is -2.21. The number of benzene rings is 2. The molecular formula is C24H25N3O3S. The van der Waals surface area contributed by atoms with Crippen LogP contribution >= 0.6 is 11.3 Å². The molecule has 6 nitrogen and oxygen atoms in total. The van der Waals surface area contributed by atoms with E-state index >= 15 is 0 Å². The van der Waals surface area contributed by atoms with Crippen LogP contribution in [0.25, 0.3) is 22.2 Å². The van der Waals surface area contributed by atoms with Crippen molar-refractivity contribution < 1.29 is 9.15 Å². The molecule has 0 aliphatic heterocycles. The Labute approximate surface area is 185 Å². The van der Waals surface area contributed by atoms with Crippen molar-refractivity contribution in [3.8, 4) is 17.0 Å². The number of ether oxygens (including phenoxy) is 1. The van der Waals surface area contributed by atoms with Gasteiger partial charge in [0.05, 0.1) is 24.1 Å². The van der Waals surface area contributed by atoms with E-state index in [1.807, 2.05) is 61.0 Å². The predicted molar refractivity (Wildman–Crippen MR) is 128 cm³/mol. The second-order valence-electron chi connectivity index (χ2n) is 7.81. The average Bonchev–Trinajstić information content (AvgIpc) is 3.21. The fraction of sp³-hybridized carbons (Fsp3) is 0.250. The predicted octanol–water partition coefficient (Wildman–Crippen LogP) is 5.76. The number of nitrogens with zero attached hydrogens (tertiary/aromatic N) is 2. The standard InChI is InChI=1S/C24H25N3O3S/c1-15(2)13-27(3)17-10-9-16-11-18(23(28)30-22(16)12-17)20-14-31-24(26-20)25-19-7-5-6-8-21(19)29-4/h5-12,14-15H,13H2,1-4H3,(H,25,26). The zero-order chi connectivity index (χ0) is 22.0. The molecule has 7 heteroatoms. The van der Waals surface area contributed by atoms with Crippen molar-refractivity contribution in [2.75, 3.05) is 30.9 Å². The molecule has 0 spiro atoms. The van der Waals surface area contributed by atoms with Gasteiger partial charge in [-0.05, 0) is 36.2 Å². The molecule has 0 fully saturated rings. The fourth-order valence-electron chi connectivity index (χ4n) is 3.49. The monoisotopic (exact) mass is 435 g/mol. The molecule has 0 amide bonds. The molecule has 4 rings (SSSR count). The Balaban J connectivity index is 1.63. The van der Waals surface area contributed by atoms with Gasteiger partial charge in [0.2, 0.25) is 0 Å². The second kappa shape index (κ2) is 8.81. The van der Waals surface area contributed by atoms with Gasteiger partial charge in [0, 0.05) is 36.1 Å². The Morgan fingerprint density at radius 3 is 2.77 bits per heavy atom. The highest BCUT2D eigenvalue weighted by molar-refractivity contribution is 7.14. The van der Waals surface area contributed by atoms with E-state index in [0.717, 1.165) is 29.1 Å². The summed E-state index contributed by atoms with van der Waals surface area (Å²) in [6.45, 7) is 5.28. The molecule has 0 atom stereocenters. The minimum atomic E-state index is -0.398. The lowest BCUT2D eigenvalue weighted by molar-refractivity contribution is 0.417. The lowest BCUT2D eigenvalue weighted by Crippen LogP contribution is -2.22. The van der Waals surface area contributed by atoms with E-state index in [9.17, 15) is 4.79 Å². The summed E-state index contributed by atoms with van der Waals surface area (Å²) in [5.74, 6) is 1.26. The van der Waals surface area contributed by atoms with Crippen LogP contribution in [-0.4, -0.2) is 25.7 Å². The van der Waals surface area contributed by atoms with Crippen molar-refractivity contribution >= 4 is 38.8 Å². The van der Waals surface area contributed by atoms with Crippen LogP contribution < -0.4 is 20.6 Å².